The first-order valence-electron chi connectivity index (χ1n) is 3.96. The molecule has 0 radical (unpaired) electrons. The van der Waals surface area contributed by atoms with Crippen LogP contribution in [-0.2, 0) is 0 Å². The summed E-state index contributed by atoms with van der Waals surface area (Å²) in [5.41, 5.74) is 0. The van der Waals surface area contributed by atoms with Crippen molar-refractivity contribution < 1.29 is 5.11 Å². The van der Waals surface area contributed by atoms with Crippen molar-refractivity contribution in [3.05, 3.63) is 18.7 Å². The summed E-state index contributed by atoms with van der Waals surface area (Å²) in [7, 11) is 0. The number of aliphatic hydroxyl groups excluding tert-OH is 1. The number of halogens is 1. The van der Waals surface area contributed by atoms with E-state index in [2.05, 4.69) is 11.9 Å². The van der Waals surface area contributed by atoms with Crippen LogP contribution < -0.4 is 0 Å². The largest absolute Gasteiger partial charge is 0.396 e. The second kappa shape index (κ2) is 6.20. The summed E-state index contributed by atoms with van der Waals surface area (Å²) in [6.45, 7) is 2.36. The Morgan fingerprint density at radius 2 is 2.33 bits per heavy atom. The van der Waals surface area contributed by atoms with Gasteiger partial charge in [0, 0.05) is 25.0 Å². The van der Waals surface area contributed by atoms with Crippen molar-refractivity contribution in [1.82, 2.24) is 9.55 Å². The molecule has 0 bridgehead atoms. The van der Waals surface area contributed by atoms with E-state index >= 15 is 0 Å². The van der Waals surface area contributed by atoms with E-state index in [1.165, 1.54) is 0 Å². The molecule has 12 heavy (non-hydrogen) atoms. The number of aromatic nitrogens is 2. The maximum Gasteiger partial charge on any atom is 0.0948 e. The number of hydrogen-bond acceptors (Lipinski definition) is 2. The lowest BCUT2D eigenvalue weighted by Crippen LogP contribution is -2.07. The second-order valence-corrected chi connectivity index (χ2v) is 2.58. The molecule has 0 aromatic carbocycles. The summed E-state index contributed by atoms with van der Waals surface area (Å²) < 4.78 is 2.04. The number of aliphatic hydroxyl groups is 1. The minimum atomic E-state index is 0. The molecule has 1 unspecified atom stereocenters. The van der Waals surface area contributed by atoms with E-state index in [0.717, 1.165) is 12.8 Å². The zero-order valence-electron chi connectivity index (χ0n) is 7.18. The highest BCUT2D eigenvalue weighted by atomic mass is 79.9. The van der Waals surface area contributed by atoms with Gasteiger partial charge in [-0.25, -0.2) is 4.98 Å². The van der Waals surface area contributed by atoms with Crippen molar-refractivity contribution in [2.24, 2.45) is 0 Å². The monoisotopic (exact) mass is 234 g/mol. The zero-order valence-corrected chi connectivity index (χ0v) is 8.89. The highest BCUT2D eigenvalue weighted by Crippen LogP contribution is 2.13. The first-order chi connectivity index (χ1) is 5.38. The molecule has 1 N–H and O–H groups in total. The zero-order chi connectivity index (χ0) is 8.10. The lowest BCUT2D eigenvalue weighted by Gasteiger charge is -2.14. The molecular formula is C8H15BrN2O. The molecule has 1 aromatic heterocycles. The molecule has 0 aliphatic rings. The van der Waals surface area contributed by atoms with Gasteiger partial charge in [0.15, 0.2) is 0 Å². The fourth-order valence-electron chi connectivity index (χ4n) is 1.20. The standard InChI is InChI=1S/C8H14N2O.BrH/c1-2-8(3-6-11)10-5-4-9-7-10;/h4-5,7-8,11H,2-3,6H2,1H3;1H. The smallest absolute Gasteiger partial charge is 0.0948 e. The van der Waals surface area contributed by atoms with E-state index in [1.807, 2.05) is 10.8 Å². The maximum atomic E-state index is 8.73. The van der Waals surface area contributed by atoms with Crippen LogP contribution >= 0.6 is 17.0 Å². The van der Waals surface area contributed by atoms with Gasteiger partial charge in [0.05, 0.1) is 6.33 Å². The Bertz CT molecular complexity index is 189. The van der Waals surface area contributed by atoms with Gasteiger partial charge in [0.2, 0.25) is 0 Å². The maximum absolute atomic E-state index is 8.73. The van der Waals surface area contributed by atoms with Gasteiger partial charge in [0.25, 0.3) is 0 Å². The fraction of sp³-hybridized carbons (Fsp3) is 0.625. The van der Waals surface area contributed by atoms with Crippen LogP contribution in [0.3, 0.4) is 0 Å². The number of nitrogens with zero attached hydrogens (tertiary/aromatic N) is 2. The molecule has 70 valence electrons. The molecule has 0 fully saturated rings. The Morgan fingerprint density at radius 3 is 2.75 bits per heavy atom. The molecule has 0 aliphatic carbocycles. The number of rotatable bonds is 4. The molecular weight excluding hydrogens is 220 g/mol. The lowest BCUT2D eigenvalue weighted by molar-refractivity contribution is 0.254. The molecule has 0 saturated heterocycles. The Labute approximate surface area is 83.2 Å². The van der Waals surface area contributed by atoms with Gasteiger partial charge in [-0.05, 0) is 12.8 Å². The first-order valence-corrected chi connectivity index (χ1v) is 3.96. The number of hydrogen-bond donors (Lipinski definition) is 1. The van der Waals surface area contributed by atoms with Crippen LogP contribution in [0.25, 0.3) is 0 Å². The number of imidazole rings is 1. The van der Waals surface area contributed by atoms with Crippen LogP contribution in [0.15, 0.2) is 18.7 Å². The summed E-state index contributed by atoms with van der Waals surface area (Å²) in [6.07, 6.45) is 7.34. The summed E-state index contributed by atoms with van der Waals surface area (Å²) in [6, 6.07) is 0.405. The van der Waals surface area contributed by atoms with Crippen molar-refractivity contribution in [1.29, 1.82) is 0 Å². The predicted molar refractivity (Wildman–Crippen MR) is 53.6 cm³/mol. The van der Waals surface area contributed by atoms with Gasteiger partial charge < -0.3 is 9.67 Å². The summed E-state index contributed by atoms with van der Waals surface area (Å²) in [5, 5.41) is 8.73. The van der Waals surface area contributed by atoms with E-state index in [9.17, 15) is 0 Å². The average Bonchev–Trinajstić information content (AvgIpc) is 2.52. The fourth-order valence-corrected chi connectivity index (χ4v) is 1.20. The van der Waals surface area contributed by atoms with Crippen molar-refractivity contribution in [2.75, 3.05) is 6.61 Å². The second-order valence-electron chi connectivity index (χ2n) is 2.58. The van der Waals surface area contributed by atoms with Crippen molar-refractivity contribution in [3.8, 4) is 0 Å². The molecule has 0 amide bonds. The Morgan fingerprint density at radius 1 is 1.58 bits per heavy atom. The molecule has 0 spiro atoms. The normalized spacial score (nSPS) is 12.2. The van der Waals surface area contributed by atoms with Crippen molar-refractivity contribution in [3.63, 3.8) is 0 Å². The molecule has 1 rings (SSSR count). The van der Waals surface area contributed by atoms with E-state index in [4.69, 9.17) is 5.11 Å². The lowest BCUT2D eigenvalue weighted by atomic mass is 10.1. The van der Waals surface area contributed by atoms with E-state index in [0.29, 0.717) is 6.04 Å². The van der Waals surface area contributed by atoms with Crippen LogP contribution in [0.5, 0.6) is 0 Å². The van der Waals surface area contributed by atoms with Gasteiger partial charge in [-0.3, -0.25) is 0 Å². The van der Waals surface area contributed by atoms with Crippen LogP contribution in [0.1, 0.15) is 25.8 Å². The Hall–Kier alpha value is -0.350. The van der Waals surface area contributed by atoms with Crippen molar-refractivity contribution in [2.45, 2.75) is 25.8 Å². The summed E-state index contributed by atoms with van der Waals surface area (Å²) in [4.78, 5) is 3.95. The molecule has 4 heteroatoms. The van der Waals surface area contributed by atoms with Crippen LogP contribution in [0.2, 0.25) is 0 Å². The molecule has 1 atom stereocenters. The molecule has 1 heterocycles. The van der Waals surface area contributed by atoms with Crippen molar-refractivity contribution >= 4 is 17.0 Å². The van der Waals surface area contributed by atoms with Gasteiger partial charge in [-0.1, -0.05) is 6.92 Å². The third kappa shape index (κ3) is 2.95. The van der Waals surface area contributed by atoms with E-state index in [-0.39, 0.29) is 23.6 Å². The molecule has 0 saturated carbocycles. The Balaban J connectivity index is 0.00000121. The first kappa shape index (κ1) is 11.6. The minimum absolute atomic E-state index is 0. The van der Waals surface area contributed by atoms with E-state index in [1.54, 1.807) is 12.5 Å². The van der Waals surface area contributed by atoms with E-state index < -0.39 is 0 Å². The predicted octanol–water partition coefficient (Wildman–Crippen LogP) is 1.79. The summed E-state index contributed by atoms with van der Waals surface area (Å²) in [5.74, 6) is 0. The third-order valence-electron chi connectivity index (χ3n) is 1.88. The average molecular weight is 235 g/mol. The molecule has 3 nitrogen and oxygen atoms in total. The van der Waals surface area contributed by atoms with Gasteiger partial charge in [-0.15, -0.1) is 17.0 Å². The highest BCUT2D eigenvalue weighted by molar-refractivity contribution is 8.93. The third-order valence-corrected chi connectivity index (χ3v) is 1.88. The van der Waals surface area contributed by atoms with Gasteiger partial charge in [0.1, 0.15) is 0 Å². The van der Waals surface area contributed by atoms with Crippen LogP contribution in [0, 0.1) is 0 Å². The summed E-state index contributed by atoms with van der Waals surface area (Å²) >= 11 is 0. The minimum Gasteiger partial charge on any atom is -0.396 e. The van der Waals surface area contributed by atoms with Gasteiger partial charge in [-0.2, -0.15) is 0 Å². The van der Waals surface area contributed by atoms with Gasteiger partial charge >= 0.3 is 0 Å². The van der Waals surface area contributed by atoms with Crippen LogP contribution in [-0.4, -0.2) is 21.3 Å². The topological polar surface area (TPSA) is 38.0 Å². The molecule has 1 aromatic rings. The van der Waals surface area contributed by atoms with Crippen LogP contribution in [0.4, 0.5) is 0 Å². The SMILES string of the molecule is Br.CCC(CCO)n1ccnc1. The quantitative estimate of drug-likeness (QED) is 0.863. The highest BCUT2D eigenvalue weighted by Gasteiger charge is 2.05. The molecule has 0 aliphatic heterocycles. The Kier molecular flexibility index (Phi) is 6.02.